The van der Waals surface area contributed by atoms with Crippen LogP contribution in [0.3, 0.4) is 0 Å². The third-order valence-electron chi connectivity index (χ3n) is 2.00. The van der Waals surface area contributed by atoms with Crippen molar-refractivity contribution in [2.75, 3.05) is 13.2 Å². The van der Waals surface area contributed by atoms with Crippen LogP contribution in [0.5, 0.6) is 5.75 Å². The lowest BCUT2D eigenvalue weighted by atomic mass is 10.2. The summed E-state index contributed by atoms with van der Waals surface area (Å²) in [6.07, 6.45) is 0. The zero-order valence-corrected chi connectivity index (χ0v) is 9.90. The highest BCUT2D eigenvalue weighted by Crippen LogP contribution is 2.30. The minimum absolute atomic E-state index is 0.157. The molecule has 9 nitrogen and oxygen atoms in total. The van der Waals surface area contributed by atoms with E-state index < -0.39 is 33.8 Å². The zero-order valence-electron chi connectivity index (χ0n) is 9.90. The highest BCUT2D eigenvalue weighted by atomic mass is 16.6. The van der Waals surface area contributed by atoms with Crippen LogP contribution >= 0.6 is 0 Å². The van der Waals surface area contributed by atoms with Crippen LogP contribution < -0.4 is 4.74 Å². The Morgan fingerprint density at radius 3 is 2.47 bits per heavy atom. The van der Waals surface area contributed by atoms with Crippen LogP contribution in [-0.2, 0) is 9.53 Å². The number of nitro groups is 2. The fraction of sp³-hybridized carbons (Fsp3) is 0.300. The van der Waals surface area contributed by atoms with Crippen molar-refractivity contribution in [2.24, 2.45) is 0 Å². The van der Waals surface area contributed by atoms with Gasteiger partial charge in [-0.2, -0.15) is 0 Å². The molecule has 0 aliphatic heterocycles. The molecule has 0 spiro atoms. The Morgan fingerprint density at radius 1 is 1.26 bits per heavy atom. The fourth-order valence-electron chi connectivity index (χ4n) is 1.22. The summed E-state index contributed by atoms with van der Waals surface area (Å²) in [6, 6.07) is 2.88. The third kappa shape index (κ3) is 3.91. The van der Waals surface area contributed by atoms with E-state index >= 15 is 0 Å². The number of hydrogen-bond donors (Lipinski definition) is 0. The van der Waals surface area contributed by atoms with Crippen LogP contribution in [-0.4, -0.2) is 29.0 Å². The molecule has 0 aliphatic rings. The average molecular weight is 270 g/mol. The summed E-state index contributed by atoms with van der Waals surface area (Å²) >= 11 is 0. The predicted molar refractivity (Wildman–Crippen MR) is 61.9 cm³/mol. The summed E-state index contributed by atoms with van der Waals surface area (Å²) in [4.78, 5) is 30.7. The molecule has 0 aliphatic carbocycles. The van der Waals surface area contributed by atoms with E-state index in [9.17, 15) is 25.0 Å². The Morgan fingerprint density at radius 2 is 1.95 bits per heavy atom. The summed E-state index contributed by atoms with van der Waals surface area (Å²) in [5.41, 5.74) is -1.02. The summed E-state index contributed by atoms with van der Waals surface area (Å²) in [5, 5.41) is 21.3. The van der Waals surface area contributed by atoms with Crippen molar-refractivity contribution >= 4 is 17.3 Å². The molecule has 9 heteroatoms. The van der Waals surface area contributed by atoms with Crippen molar-refractivity contribution in [2.45, 2.75) is 6.92 Å². The predicted octanol–water partition coefficient (Wildman–Crippen LogP) is 1.44. The number of esters is 1. The van der Waals surface area contributed by atoms with Gasteiger partial charge >= 0.3 is 11.7 Å². The normalized spacial score (nSPS) is 9.74. The first-order valence-electron chi connectivity index (χ1n) is 5.17. The lowest BCUT2D eigenvalue weighted by Gasteiger charge is -2.05. The van der Waals surface area contributed by atoms with E-state index in [1.165, 1.54) is 0 Å². The monoisotopic (exact) mass is 270 g/mol. The van der Waals surface area contributed by atoms with Gasteiger partial charge in [0, 0.05) is 6.07 Å². The van der Waals surface area contributed by atoms with Gasteiger partial charge in [-0.3, -0.25) is 20.2 Å². The second-order valence-corrected chi connectivity index (χ2v) is 3.26. The van der Waals surface area contributed by atoms with Crippen LogP contribution in [0, 0.1) is 20.2 Å². The van der Waals surface area contributed by atoms with Gasteiger partial charge in [-0.15, -0.1) is 0 Å². The molecule has 0 N–H and O–H groups in total. The Kier molecular flexibility index (Phi) is 4.75. The second-order valence-electron chi connectivity index (χ2n) is 3.26. The van der Waals surface area contributed by atoms with Gasteiger partial charge in [0.05, 0.1) is 22.5 Å². The van der Waals surface area contributed by atoms with Gasteiger partial charge in [-0.05, 0) is 13.0 Å². The topological polar surface area (TPSA) is 122 Å². The minimum atomic E-state index is -0.826. The molecule has 0 amide bonds. The van der Waals surface area contributed by atoms with Crippen molar-refractivity contribution in [1.82, 2.24) is 0 Å². The molecule has 0 aromatic heterocycles. The number of rotatable bonds is 6. The third-order valence-corrected chi connectivity index (χ3v) is 2.00. The fourth-order valence-corrected chi connectivity index (χ4v) is 1.22. The summed E-state index contributed by atoms with van der Waals surface area (Å²) in [5.74, 6) is -0.918. The lowest BCUT2D eigenvalue weighted by Crippen LogP contribution is -2.15. The molecule has 0 bridgehead atoms. The van der Waals surface area contributed by atoms with Gasteiger partial charge < -0.3 is 9.47 Å². The molecule has 0 heterocycles. The molecule has 19 heavy (non-hydrogen) atoms. The van der Waals surface area contributed by atoms with E-state index in [1.807, 2.05) is 0 Å². The van der Waals surface area contributed by atoms with E-state index in [-0.39, 0.29) is 12.4 Å². The maximum Gasteiger partial charge on any atom is 0.344 e. The van der Waals surface area contributed by atoms with Crippen LogP contribution in [0.15, 0.2) is 18.2 Å². The standard InChI is InChI=1S/C10H10N2O7/c1-2-18-10(13)6-19-9-4-3-7(11(14)15)5-8(9)12(16)17/h3-5H,2,6H2,1H3. The van der Waals surface area contributed by atoms with Gasteiger partial charge in [0.2, 0.25) is 0 Å². The number of carbonyl (C=O) groups excluding carboxylic acids is 1. The lowest BCUT2D eigenvalue weighted by molar-refractivity contribution is -0.394. The first-order chi connectivity index (χ1) is 8.95. The number of carbonyl (C=O) groups is 1. The number of nitrogens with zero attached hydrogens (tertiary/aromatic N) is 2. The first-order valence-corrected chi connectivity index (χ1v) is 5.17. The largest absolute Gasteiger partial charge is 0.475 e. The molecule has 0 saturated heterocycles. The zero-order chi connectivity index (χ0) is 14.4. The van der Waals surface area contributed by atoms with Gasteiger partial charge in [0.1, 0.15) is 0 Å². The molecule has 0 radical (unpaired) electrons. The summed E-state index contributed by atoms with van der Waals surface area (Å²) in [7, 11) is 0. The highest BCUT2D eigenvalue weighted by Gasteiger charge is 2.21. The number of hydrogen-bond acceptors (Lipinski definition) is 7. The van der Waals surface area contributed by atoms with E-state index in [0.717, 1.165) is 18.2 Å². The highest BCUT2D eigenvalue weighted by molar-refractivity contribution is 5.71. The van der Waals surface area contributed by atoms with Crippen molar-refractivity contribution < 1.29 is 24.1 Å². The smallest absolute Gasteiger partial charge is 0.344 e. The van der Waals surface area contributed by atoms with Gasteiger partial charge in [-0.25, -0.2) is 4.79 Å². The Bertz CT molecular complexity index is 515. The van der Waals surface area contributed by atoms with Crippen LogP contribution in [0.4, 0.5) is 11.4 Å². The number of benzene rings is 1. The first kappa shape index (κ1) is 14.4. The Balaban J connectivity index is 2.91. The number of non-ortho nitro benzene ring substituents is 1. The van der Waals surface area contributed by atoms with E-state index in [4.69, 9.17) is 4.74 Å². The summed E-state index contributed by atoms with van der Waals surface area (Å²) in [6.45, 7) is 1.25. The van der Waals surface area contributed by atoms with Gasteiger partial charge in [0.25, 0.3) is 5.69 Å². The molecular weight excluding hydrogens is 260 g/mol. The summed E-state index contributed by atoms with van der Waals surface area (Å²) < 4.78 is 9.49. The van der Waals surface area contributed by atoms with Crippen molar-refractivity contribution in [3.63, 3.8) is 0 Å². The quantitative estimate of drug-likeness (QED) is 0.435. The van der Waals surface area contributed by atoms with Crippen molar-refractivity contribution in [3.05, 3.63) is 38.4 Å². The van der Waals surface area contributed by atoms with Crippen LogP contribution in [0.25, 0.3) is 0 Å². The molecule has 1 aromatic carbocycles. The SMILES string of the molecule is CCOC(=O)COc1ccc([N+](=O)[O-])cc1[N+](=O)[O-]. The second kappa shape index (κ2) is 6.28. The molecule has 0 fully saturated rings. The average Bonchev–Trinajstić information content (AvgIpc) is 2.36. The Hall–Kier alpha value is -2.71. The van der Waals surface area contributed by atoms with Gasteiger partial charge in [0.15, 0.2) is 12.4 Å². The molecular formula is C10H10N2O7. The molecule has 1 aromatic rings. The number of nitro benzene ring substituents is 2. The van der Waals surface area contributed by atoms with E-state index in [2.05, 4.69) is 4.74 Å². The minimum Gasteiger partial charge on any atom is -0.475 e. The van der Waals surface area contributed by atoms with Crippen LogP contribution in [0.2, 0.25) is 0 Å². The molecule has 102 valence electrons. The molecule has 0 atom stereocenters. The maximum atomic E-state index is 11.0. The molecule has 0 unspecified atom stereocenters. The molecule has 0 saturated carbocycles. The van der Waals surface area contributed by atoms with Gasteiger partial charge in [-0.1, -0.05) is 0 Å². The van der Waals surface area contributed by atoms with Crippen molar-refractivity contribution in [3.8, 4) is 5.75 Å². The van der Waals surface area contributed by atoms with Crippen molar-refractivity contribution in [1.29, 1.82) is 0 Å². The maximum absolute atomic E-state index is 11.0. The molecule has 1 rings (SSSR count). The van der Waals surface area contributed by atoms with Crippen LogP contribution in [0.1, 0.15) is 6.92 Å². The Labute approximate surface area is 107 Å². The van der Waals surface area contributed by atoms with E-state index in [1.54, 1.807) is 6.92 Å². The van der Waals surface area contributed by atoms with E-state index in [0.29, 0.717) is 0 Å². The number of ether oxygens (including phenoxy) is 2.